The van der Waals surface area contributed by atoms with Crippen LogP contribution in [0.1, 0.15) is 22.8 Å². The molecule has 0 atom stereocenters. The Balaban J connectivity index is 1.97. The minimum atomic E-state index is -0.401. The molecule has 7 heteroatoms. The van der Waals surface area contributed by atoms with Crippen LogP contribution in [0.4, 0.5) is 0 Å². The largest absolute Gasteiger partial charge is 0.462 e. The second kappa shape index (κ2) is 5.80. The SMILES string of the molecule is CCOC(=O)c1cnn(-c2ccc3[nH]cc(CN=O)c3c2)c1. The summed E-state index contributed by atoms with van der Waals surface area (Å²) in [6.07, 6.45) is 4.85. The molecule has 0 amide bonds. The Morgan fingerprint density at radius 2 is 2.32 bits per heavy atom. The first kappa shape index (κ1) is 14.0. The summed E-state index contributed by atoms with van der Waals surface area (Å²) in [5.74, 6) is -0.401. The van der Waals surface area contributed by atoms with Crippen molar-refractivity contribution in [1.82, 2.24) is 14.8 Å². The van der Waals surface area contributed by atoms with Crippen molar-refractivity contribution in [3.05, 3.63) is 52.8 Å². The molecule has 0 aliphatic rings. The van der Waals surface area contributed by atoms with Crippen LogP contribution in [0.5, 0.6) is 0 Å². The molecule has 0 fully saturated rings. The van der Waals surface area contributed by atoms with Gasteiger partial charge in [0.1, 0.15) is 6.54 Å². The predicted octanol–water partition coefficient (Wildman–Crippen LogP) is 2.80. The van der Waals surface area contributed by atoms with Crippen LogP contribution in [-0.2, 0) is 11.3 Å². The number of H-pyrrole nitrogens is 1. The van der Waals surface area contributed by atoms with Crippen LogP contribution >= 0.6 is 0 Å². The predicted molar refractivity (Wildman–Crippen MR) is 80.9 cm³/mol. The zero-order valence-electron chi connectivity index (χ0n) is 11.9. The van der Waals surface area contributed by atoms with Crippen molar-refractivity contribution in [1.29, 1.82) is 0 Å². The van der Waals surface area contributed by atoms with Gasteiger partial charge in [-0.25, -0.2) is 9.48 Å². The van der Waals surface area contributed by atoms with Crippen molar-refractivity contribution in [2.45, 2.75) is 13.5 Å². The third kappa shape index (κ3) is 2.48. The molecule has 0 unspecified atom stereocenters. The molecule has 2 heterocycles. The lowest BCUT2D eigenvalue weighted by Crippen LogP contribution is -2.03. The number of benzene rings is 1. The number of carbonyl (C=O) groups excluding carboxylic acids is 1. The standard InChI is InChI=1S/C15H14N4O3/c1-2-22-15(20)11-7-17-19(9-11)12-3-4-14-13(5-12)10(6-16-14)8-18-21/h3-7,9,16H,2,8H2,1H3. The Morgan fingerprint density at radius 1 is 1.45 bits per heavy atom. The molecule has 3 aromatic rings. The number of carbonyl (C=O) groups is 1. The summed E-state index contributed by atoms with van der Waals surface area (Å²) < 4.78 is 6.54. The summed E-state index contributed by atoms with van der Waals surface area (Å²) in [5, 5.41) is 8.01. The van der Waals surface area contributed by atoms with Crippen molar-refractivity contribution in [3.63, 3.8) is 0 Å². The summed E-state index contributed by atoms with van der Waals surface area (Å²) in [6.45, 7) is 2.18. The van der Waals surface area contributed by atoms with E-state index in [1.807, 2.05) is 18.2 Å². The van der Waals surface area contributed by atoms with Crippen LogP contribution in [0.25, 0.3) is 16.6 Å². The lowest BCUT2D eigenvalue weighted by Gasteiger charge is -2.02. The van der Waals surface area contributed by atoms with Gasteiger partial charge in [-0.3, -0.25) is 0 Å². The highest BCUT2D eigenvalue weighted by Gasteiger charge is 2.11. The van der Waals surface area contributed by atoms with Gasteiger partial charge in [-0.1, -0.05) is 5.18 Å². The van der Waals surface area contributed by atoms with Crippen LogP contribution < -0.4 is 0 Å². The van der Waals surface area contributed by atoms with E-state index in [0.29, 0.717) is 12.2 Å². The number of hydrogen-bond donors (Lipinski definition) is 1. The Kier molecular flexibility index (Phi) is 3.69. The maximum atomic E-state index is 11.7. The van der Waals surface area contributed by atoms with Crippen LogP contribution in [0.15, 0.2) is 42.0 Å². The monoisotopic (exact) mass is 298 g/mol. The lowest BCUT2D eigenvalue weighted by molar-refractivity contribution is 0.0526. The molecule has 7 nitrogen and oxygen atoms in total. The molecule has 0 saturated carbocycles. The smallest absolute Gasteiger partial charge is 0.341 e. The number of nitrogens with zero attached hydrogens (tertiary/aromatic N) is 3. The van der Waals surface area contributed by atoms with Crippen LogP contribution in [0, 0.1) is 4.91 Å². The zero-order chi connectivity index (χ0) is 15.5. The number of esters is 1. The maximum absolute atomic E-state index is 11.7. The second-order valence-corrected chi connectivity index (χ2v) is 4.73. The molecular formula is C15H14N4O3. The first-order chi connectivity index (χ1) is 10.7. The number of nitrogens with one attached hydrogen (secondary N) is 1. The normalized spacial score (nSPS) is 10.8. The highest BCUT2D eigenvalue weighted by molar-refractivity contribution is 5.89. The molecule has 3 rings (SSSR count). The fourth-order valence-electron chi connectivity index (χ4n) is 2.29. The third-order valence-corrected chi connectivity index (χ3v) is 3.34. The number of aromatic amines is 1. The highest BCUT2D eigenvalue weighted by Crippen LogP contribution is 2.22. The van der Waals surface area contributed by atoms with Gasteiger partial charge in [-0.15, -0.1) is 0 Å². The average molecular weight is 298 g/mol. The van der Waals surface area contributed by atoms with Gasteiger partial charge < -0.3 is 9.72 Å². The summed E-state index contributed by atoms with van der Waals surface area (Å²) in [7, 11) is 0. The first-order valence-corrected chi connectivity index (χ1v) is 6.84. The van der Waals surface area contributed by atoms with E-state index < -0.39 is 5.97 Å². The molecule has 2 aromatic heterocycles. The topological polar surface area (TPSA) is 89.3 Å². The fourth-order valence-corrected chi connectivity index (χ4v) is 2.29. The zero-order valence-corrected chi connectivity index (χ0v) is 11.9. The van der Waals surface area contributed by atoms with E-state index >= 15 is 0 Å². The quantitative estimate of drug-likeness (QED) is 0.579. The Labute approximate surface area is 125 Å². The van der Waals surface area contributed by atoms with Crippen LogP contribution in [0.2, 0.25) is 0 Å². The number of nitroso groups, excluding NO2 is 1. The van der Waals surface area contributed by atoms with Crippen molar-refractivity contribution in [2.24, 2.45) is 5.18 Å². The van der Waals surface area contributed by atoms with Gasteiger partial charge in [-0.2, -0.15) is 10.0 Å². The van der Waals surface area contributed by atoms with E-state index in [-0.39, 0.29) is 6.54 Å². The van der Waals surface area contributed by atoms with Gasteiger partial charge in [0.2, 0.25) is 0 Å². The van der Waals surface area contributed by atoms with E-state index in [1.165, 1.54) is 6.20 Å². The summed E-state index contributed by atoms with van der Waals surface area (Å²) in [5.41, 5.74) is 2.92. The van der Waals surface area contributed by atoms with Crippen molar-refractivity contribution in [2.75, 3.05) is 6.61 Å². The molecule has 0 bridgehead atoms. The number of aromatic nitrogens is 3. The Morgan fingerprint density at radius 3 is 3.09 bits per heavy atom. The van der Waals surface area contributed by atoms with Gasteiger partial charge in [0.05, 0.1) is 24.1 Å². The third-order valence-electron chi connectivity index (χ3n) is 3.34. The molecule has 112 valence electrons. The van der Waals surface area contributed by atoms with E-state index in [2.05, 4.69) is 15.3 Å². The maximum Gasteiger partial charge on any atom is 0.341 e. The van der Waals surface area contributed by atoms with Crippen molar-refractivity contribution < 1.29 is 9.53 Å². The molecule has 0 radical (unpaired) electrons. The van der Waals surface area contributed by atoms with E-state index in [1.54, 1.807) is 24.0 Å². The first-order valence-electron chi connectivity index (χ1n) is 6.84. The number of ether oxygens (including phenoxy) is 1. The summed E-state index contributed by atoms with van der Waals surface area (Å²) in [6, 6.07) is 5.66. The van der Waals surface area contributed by atoms with Gasteiger partial charge >= 0.3 is 5.97 Å². The molecule has 1 aromatic carbocycles. The molecule has 1 N–H and O–H groups in total. The summed E-state index contributed by atoms with van der Waals surface area (Å²) in [4.78, 5) is 25.2. The summed E-state index contributed by atoms with van der Waals surface area (Å²) >= 11 is 0. The molecule has 22 heavy (non-hydrogen) atoms. The van der Waals surface area contributed by atoms with Crippen molar-refractivity contribution in [3.8, 4) is 5.69 Å². The molecule has 0 spiro atoms. The highest BCUT2D eigenvalue weighted by atomic mass is 16.5. The van der Waals surface area contributed by atoms with Gasteiger partial charge in [0, 0.05) is 28.9 Å². The number of rotatable bonds is 5. The van der Waals surface area contributed by atoms with Crippen molar-refractivity contribution >= 4 is 16.9 Å². The van der Waals surface area contributed by atoms with E-state index in [9.17, 15) is 9.70 Å². The number of fused-ring (bicyclic) bond motifs is 1. The fraction of sp³-hybridized carbons (Fsp3) is 0.200. The van der Waals surface area contributed by atoms with Gasteiger partial charge in [-0.05, 0) is 25.1 Å². The average Bonchev–Trinajstić information content (AvgIpc) is 3.15. The van der Waals surface area contributed by atoms with Crippen LogP contribution in [0.3, 0.4) is 0 Å². The number of hydrogen-bond acceptors (Lipinski definition) is 5. The van der Waals surface area contributed by atoms with Gasteiger partial charge in [0.15, 0.2) is 0 Å². The Hall–Kier alpha value is -2.96. The minimum absolute atomic E-state index is 0.108. The minimum Gasteiger partial charge on any atom is -0.462 e. The molecular weight excluding hydrogens is 284 g/mol. The van der Waals surface area contributed by atoms with E-state index in [4.69, 9.17) is 4.74 Å². The lowest BCUT2D eigenvalue weighted by atomic mass is 10.1. The van der Waals surface area contributed by atoms with Crippen LogP contribution in [-0.4, -0.2) is 27.3 Å². The van der Waals surface area contributed by atoms with E-state index in [0.717, 1.165) is 22.2 Å². The van der Waals surface area contributed by atoms with Gasteiger partial charge in [0.25, 0.3) is 0 Å². The molecule has 0 aliphatic heterocycles. The molecule has 0 aliphatic carbocycles. The second-order valence-electron chi connectivity index (χ2n) is 4.73. The Bertz CT molecular complexity index is 834. The molecule has 0 saturated heterocycles.